The van der Waals surface area contributed by atoms with Crippen molar-refractivity contribution >= 4 is 21.6 Å². The summed E-state index contributed by atoms with van der Waals surface area (Å²) in [4.78, 5) is 0.210. The summed E-state index contributed by atoms with van der Waals surface area (Å²) in [5, 5.41) is 10.4. The minimum atomic E-state index is -3.52. The molecule has 0 bridgehead atoms. The van der Waals surface area contributed by atoms with E-state index >= 15 is 0 Å². The van der Waals surface area contributed by atoms with Crippen LogP contribution in [0.2, 0.25) is 5.02 Å². The highest BCUT2D eigenvalue weighted by molar-refractivity contribution is 7.89. The highest BCUT2D eigenvalue weighted by Gasteiger charge is 2.31. The van der Waals surface area contributed by atoms with Crippen molar-refractivity contribution in [3.05, 3.63) is 29.3 Å². The topological polar surface area (TPSA) is 57.6 Å². The van der Waals surface area contributed by atoms with Gasteiger partial charge in [-0.2, -0.15) is 4.31 Å². The Bertz CT molecular complexity index is 557. The minimum Gasteiger partial charge on any atom is -0.390 e. The van der Waals surface area contributed by atoms with E-state index in [1.807, 2.05) is 0 Å². The van der Waals surface area contributed by atoms with Crippen molar-refractivity contribution in [2.45, 2.75) is 36.7 Å². The molecule has 1 atom stereocenters. The van der Waals surface area contributed by atoms with Crippen LogP contribution in [0.15, 0.2) is 29.2 Å². The predicted octanol–water partition coefficient (Wildman–Crippen LogP) is 2.27. The fraction of sp³-hybridized carbons (Fsp3) is 0.538. The molecule has 0 saturated carbocycles. The second kappa shape index (κ2) is 5.40. The Morgan fingerprint density at radius 1 is 1.32 bits per heavy atom. The summed E-state index contributed by atoms with van der Waals surface area (Å²) in [6, 6.07) is 6.28. The van der Waals surface area contributed by atoms with Crippen LogP contribution in [0, 0.1) is 0 Å². The number of benzene rings is 1. The van der Waals surface area contributed by atoms with Crippen molar-refractivity contribution in [2.24, 2.45) is 0 Å². The van der Waals surface area contributed by atoms with Crippen LogP contribution in [0.4, 0.5) is 0 Å². The number of hydrogen-bond acceptors (Lipinski definition) is 3. The average molecular weight is 304 g/mol. The van der Waals surface area contributed by atoms with E-state index < -0.39 is 15.6 Å². The Labute approximate surface area is 119 Å². The predicted molar refractivity (Wildman–Crippen MR) is 74.7 cm³/mol. The number of aliphatic hydroxyl groups is 1. The van der Waals surface area contributed by atoms with Crippen LogP contribution in [0.5, 0.6) is 0 Å². The Morgan fingerprint density at radius 2 is 2.05 bits per heavy atom. The molecular formula is C13H18ClNO3S. The van der Waals surface area contributed by atoms with Gasteiger partial charge in [0.15, 0.2) is 0 Å². The molecular weight excluding hydrogens is 286 g/mol. The maximum Gasteiger partial charge on any atom is 0.243 e. The minimum absolute atomic E-state index is 0.210. The van der Waals surface area contributed by atoms with Crippen LogP contribution >= 0.6 is 11.6 Å². The Balaban J connectivity index is 2.25. The maximum atomic E-state index is 12.5. The Hall–Kier alpha value is -0.620. The average Bonchev–Trinajstić information content (AvgIpc) is 2.50. The van der Waals surface area contributed by atoms with Crippen LogP contribution in [-0.4, -0.2) is 36.5 Å². The zero-order chi connectivity index (χ0) is 14.1. The quantitative estimate of drug-likeness (QED) is 0.912. The number of halogens is 1. The first-order chi connectivity index (χ1) is 8.81. The van der Waals surface area contributed by atoms with Crippen LogP contribution in [0.1, 0.15) is 26.2 Å². The van der Waals surface area contributed by atoms with Gasteiger partial charge in [-0.3, -0.25) is 0 Å². The summed E-state index contributed by atoms with van der Waals surface area (Å²) in [5.74, 6) is 0. The molecule has 0 aromatic heterocycles. The molecule has 1 aliphatic heterocycles. The van der Waals surface area contributed by atoms with Gasteiger partial charge in [0.25, 0.3) is 0 Å². The molecule has 6 heteroatoms. The van der Waals surface area contributed by atoms with E-state index in [0.717, 1.165) is 0 Å². The van der Waals surface area contributed by atoms with Gasteiger partial charge >= 0.3 is 0 Å². The van der Waals surface area contributed by atoms with E-state index in [2.05, 4.69) is 0 Å². The molecule has 0 amide bonds. The standard InChI is InChI=1S/C13H18ClNO3S/c1-13(16)6-3-8-15(9-7-13)19(17,18)12-5-2-4-11(14)10-12/h2,4-5,10,16H,3,6-9H2,1H3. The third-order valence-corrected chi connectivity index (χ3v) is 5.59. The van der Waals surface area contributed by atoms with Gasteiger partial charge in [0, 0.05) is 18.1 Å². The fourth-order valence-electron chi connectivity index (χ4n) is 2.26. The summed E-state index contributed by atoms with van der Waals surface area (Å²) < 4.78 is 26.4. The van der Waals surface area contributed by atoms with Gasteiger partial charge in [-0.15, -0.1) is 0 Å². The van der Waals surface area contributed by atoms with E-state index in [1.165, 1.54) is 10.4 Å². The normalized spacial score (nSPS) is 26.1. The molecule has 106 valence electrons. The Morgan fingerprint density at radius 3 is 2.74 bits per heavy atom. The SMILES string of the molecule is CC1(O)CCCN(S(=O)(=O)c2cccc(Cl)c2)CC1. The van der Waals surface area contributed by atoms with E-state index in [4.69, 9.17) is 11.6 Å². The molecule has 1 unspecified atom stereocenters. The first-order valence-electron chi connectivity index (χ1n) is 6.29. The van der Waals surface area contributed by atoms with Gasteiger partial charge in [0.1, 0.15) is 0 Å². The van der Waals surface area contributed by atoms with Gasteiger partial charge in [-0.1, -0.05) is 17.7 Å². The molecule has 1 fully saturated rings. The molecule has 1 aromatic carbocycles. The third-order valence-electron chi connectivity index (χ3n) is 3.46. The lowest BCUT2D eigenvalue weighted by Gasteiger charge is -2.22. The first-order valence-corrected chi connectivity index (χ1v) is 8.11. The molecule has 1 heterocycles. The molecule has 1 N–H and O–H groups in total. The summed E-state index contributed by atoms with van der Waals surface area (Å²) in [6.45, 7) is 2.52. The molecule has 19 heavy (non-hydrogen) atoms. The van der Waals surface area contributed by atoms with Gasteiger partial charge in [-0.25, -0.2) is 8.42 Å². The summed E-state index contributed by atoms with van der Waals surface area (Å²) in [7, 11) is -3.52. The van der Waals surface area contributed by atoms with Crippen LogP contribution in [0.3, 0.4) is 0 Å². The summed E-state index contributed by atoms with van der Waals surface area (Å²) in [6.07, 6.45) is 1.73. The molecule has 0 spiro atoms. The van der Waals surface area contributed by atoms with Gasteiger partial charge in [0.2, 0.25) is 10.0 Å². The molecule has 2 rings (SSSR count). The van der Waals surface area contributed by atoms with Crippen molar-refractivity contribution in [3.8, 4) is 0 Å². The van der Waals surface area contributed by atoms with Gasteiger partial charge in [-0.05, 0) is 44.4 Å². The zero-order valence-electron chi connectivity index (χ0n) is 10.8. The third kappa shape index (κ3) is 3.48. The molecule has 0 radical (unpaired) electrons. The van der Waals surface area contributed by atoms with E-state index in [9.17, 15) is 13.5 Å². The van der Waals surface area contributed by atoms with Crippen LogP contribution in [0.25, 0.3) is 0 Å². The van der Waals surface area contributed by atoms with Crippen molar-refractivity contribution < 1.29 is 13.5 Å². The lowest BCUT2D eigenvalue weighted by Crippen LogP contribution is -2.33. The van der Waals surface area contributed by atoms with Gasteiger partial charge in [0.05, 0.1) is 10.5 Å². The highest BCUT2D eigenvalue weighted by Crippen LogP contribution is 2.26. The first kappa shape index (κ1) is 14.8. The monoisotopic (exact) mass is 303 g/mol. The summed E-state index contributed by atoms with van der Waals surface area (Å²) >= 11 is 5.84. The van der Waals surface area contributed by atoms with E-state index in [-0.39, 0.29) is 4.90 Å². The Kier molecular flexibility index (Phi) is 4.20. The number of nitrogens with zero attached hydrogens (tertiary/aromatic N) is 1. The summed E-state index contributed by atoms with van der Waals surface area (Å²) in [5.41, 5.74) is -0.779. The molecule has 4 nitrogen and oxygen atoms in total. The lowest BCUT2D eigenvalue weighted by molar-refractivity contribution is 0.0465. The molecule has 0 aliphatic carbocycles. The number of sulfonamides is 1. The highest BCUT2D eigenvalue weighted by atomic mass is 35.5. The van der Waals surface area contributed by atoms with Crippen molar-refractivity contribution in [1.29, 1.82) is 0 Å². The number of hydrogen-bond donors (Lipinski definition) is 1. The zero-order valence-corrected chi connectivity index (χ0v) is 12.4. The second-order valence-corrected chi connectivity index (χ2v) is 7.59. The smallest absolute Gasteiger partial charge is 0.243 e. The molecule has 1 aliphatic rings. The molecule has 1 aromatic rings. The van der Waals surface area contributed by atoms with Crippen molar-refractivity contribution in [3.63, 3.8) is 0 Å². The van der Waals surface area contributed by atoms with Gasteiger partial charge < -0.3 is 5.11 Å². The largest absolute Gasteiger partial charge is 0.390 e. The van der Waals surface area contributed by atoms with Crippen LogP contribution < -0.4 is 0 Å². The number of rotatable bonds is 2. The second-order valence-electron chi connectivity index (χ2n) is 5.21. The van der Waals surface area contributed by atoms with Crippen molar-refractivity contribution in [2.75, 3.05) is 13.1 Å². The van der Waals surface area contributed by atoms with Crippen LogP contribution in [-0.2, 0) is 10.0 Å². The van der Waals surface area contributed by atoms with E-state index in [1.54, 1.807) is 25.1 Å². The lowest BCUT2D eigenvalue weighted by atomic mass is 9.98. The molecule has 1 saturated heterocycles. The maximum absolute atomic E-state index is 12.5. The van der Waals surface area contributed by atoms with Crippen molar-refractivity contribution in [1.82, 2.24) is 4.31 Å². The van der Waals surface area contributed by atoms with E-state index in [0.29, 0.717) is 37.4 Å². The fourth-order valence-corrected chi connectivity index (χ4v) is 4.04.